The fourth-order valence-electron chi connectivity index (χ4n) is 1.46. The first-order valence-corrected chi connectivity index (χ1v) is 4.83. The molecule has 17 heavy (non-hydrogen) atoms. The molecule has 0 aliphatic rings. The first-order valence-electron chi connectivity index (χ1n) is 4.83. The number of methoxy groups -OCH3 is 3. The third kappa shape index (κ3) is 2.59. The molecule has 0 spiro atoms. The van der Waals surface area contributed by atoms with Crippen molar-refractivity contribution in [2.45, 2.75) is 6.04 Å². The molecule has 0 heterocycles. The summed E-state index contributed by atoms with van der Waals surface area (Å²) in [6.45, 7) is 0. The molecule has 0 fully saturated rings. The summed E-state index contributed by atoms with van der Waals surface area (Å²) >= 11 is 0. The fourth-order valence-corrected chi connectivity index (χ4v) is 1.46. The van der Waals surface area contributed by atoms with E-state index in [0.29, 0.717) is 17.2 Å². The van der Waals surface area contributed by atoms with Crippen molar-refractivity contribution in [3.8, 4) is 17.2 Å². The molecule has 1 atom stereocenters. The molecule has 0 amide bonds. The average molecular weight is 241 g/mol. The Morgan fingerprint density at radius 1 is 1.18 bits per heavy atom. The molecule has 1 aromatic carbocycles. The third-order valence-electron chi connectivity index (χ3n) is 2.33. The van der Waals surface area contributed by atoms with Gasteiger partial charge >= 0.3 is 5.97 Å². The fraction of sp³-hybridized carbons (Fsp3) is 0.364. The Labute approximate surface area is 98.9 Å². The van der Waals surface area contributed by atoms with E-state index in [0.717, 1.165) is 0 Å². The van der Waals surface area contributed by atoms with E-state index in [4.69, 9.17) is 25.1 Å². The molecule has 94 valence electrons. The van der Waals surface area contributed by atoms with Crippen molar-refractivity contribution in [2.75, 3.05) is 21.3 Å². The van der Waals surface area contributed by atoms with Crippen molar-refractivity contribution in [1.82, 2.24) is 0 Å². The van der Waals surface area contributed by atoms with Crippen molar-refractivity contribution in [3.05, 3.63) is 17.7 Å². The van der Waals surface area contributed by atoms with Gasteiger partial charge in [0.15, 0.2) is 0 Å². The first kappa shape index (κ1) is 13.1. The molecule has 0 bridgehead atoms. The maximum absolute atomic E-state index is 10.9. The van der Waals surface area contributed by atoms with Gasteiger partial charge in [-0.25, -0.2) is 0 Å². The topological polar surface area (TPSA) is 91.0 Å². The second-order valence-electron chi connectivity index (χ2n) is 3.26. The molecular weight excluding hydrogens is 226 g/mol. The highest BCUT2D eigenvalue weighted by atomic mass is 16.5. The van der Waals surface area contributed by atoms with E-state index in [2.05, 4.69) is 0 Å². The lowest BCUT2D eigenvalue weighted by molar-refractivity contribution is -0.138. The number of aliphatic carboxylic acids is 1. The minimum absolute atomic E-state index is 0.281. The van der Waals surface area contributed by atoms with Crippen LogP contribution in [-0.4, -0.2) is 32.4 Å². The summed E-state index contributed by atoms with van der Waals surface area (Å²) in [5.74, 6) is -0.0287. The smallest absolute Gasteiger partial charge is 0.325 e. The highest BCUT2D eigenvalue weighted by Crippen LogP contribution is 2.37. The van der Waals surface area contributed by atoms with Crippen molar-refractivity contribution in [2.24, 2.45) is 5.73 Å². The van der Waals surface area contributed by atoms with Crippen LogP contribution in [-0.2, 0) is 4.79 Å². The number of carboxylic acids is 1. The van der Waals surface area contributed by atoms with Gasteiger partial charge in [0.1, 0.15) is 23.3 Å². The highest BCUT2D eigenvalue weighted by molar-refractivity contribution is 5.78. The number of hydrogen-bond acceptors (Lipinski definition) is 5. The number of rotatable bonds is 5. The predicted molar refractivity (Wildman–Crippen MR) is 60.7 cm³/mol. The first-order chi connectivity index (χ1) is 8.04. The van der Waals surface area contributed by atoms with E-state index < -0.39 is 12.0 Å². The Bertz CT molecular complexity index is 393. The van der Waals surface area contributed by atoms with Gasteiger partial charge in [-0.3, -0.25) is 4.79 Å². The quantitative estimate of drug-likeness (QED) is 0.792. The van der Waals surface area contributed by atoms with Gasteiger partial charge in [-0.1, -0.05) is 0 Å². The Morgan fingerprint density at radius 3 is 1.94 bits per heavy atom. The third-order valence-corrected chi connectivity index (χ3v) is 2.33. The zero-order valence-electron chi connectivity index (χ0n) is 9.89. The summed E-state index contributed by atoms with van der Waals surface area (Å²) in [5, 5.41) is 8.93. The normalized spacial score (nSPS) is 11.8. The van der Waals surface area contributed by atoms with Crippen LogP contribution < -0.4 is 19.9 Å². The van der Waals surface area contributed by atoms with Gasteiger partial charge in [-0.2, -0.15) is 0 Å². The van der Waals surface area contributed by atoms with Crippen LogP contribution >= 0.6 is 0 Å². The van der Waals surface area contributed by atoms with Gasteiger partial charge in [-0.05, 0) is 0 Å². The maximum Gasteiger partial charge on any atom is 0.325 e. The summed E-state index contributed by atoms with van der Waals surface area (Å²) in [5.41, 5.74) is 5.86. The molecule has 0 saturated carbocycles. The molecule has 1 rings (SSSR count). The molecule has 0 saturated heterocycles. The van der Waals surface area contributed by atoms with Gasteiger partial charge in [0.05, 0.1) is 26.9 Å². The van der Waals surface area contributed by atoms with Crippen molar-refractivity contribution in [3.63, 3.8) is 0 Å². The lowest BCUT2D eigenvalue weighted by Crippen LogP contribution is -2.22. The Morgan fingerprint density at radius 2 is 1.65 bits per heavy atom. The van der Waals surface area contributed by atoms with E-state index in [1.807, 2.05) is 0 Å². The molecule has 0 radical (unpaired) electrons. The van der Waals surface area contributed by atoms with E-state index in [1.54, 1.807) is 12.1 Å². The van der Waals surface area contributed by atoms with E-state index in [-0.39, 0.29) is 5.56 Å². The van der Waals surface area contributed by atoms with Gasteiger partial charge in [0.25, 0.3) is 0 Å². The molecule has 3 N–H and O–H groups in total. The van der Waals surface area contributed by atoms with E-state index in [1.165, 1.54) is 21.3 Å². The minimum atomic E-state index is -1.22. The molecule has 6 nitrogen and oxygen atoms in total. The highest BCUT2D eigenvalue weighted by Gasteiger charge is 2.24. The Hall–Kier alpha value is -1.95. The van der Waals surface area contributed by atoms with Crippen molar-refractivity contribution in [1.29, 1.82) is 0 Å². The molecule has 1 aromatic rings. The molecule has 0 aliphatic heterocycles. The van der Waals surface area contributed by atoms with Gasteiger partial charge < -0.3 is 25.1 Å². The molecule has 6 heteroatoms. The summed E-state index contributed by atoms with van der Waals surface area (Å²) in [7, 11) is 4.34. The molecule has 0 aliphatic carbocycles. The standard InChI is InChI=1S/C11H15NO5/c1-15-6-4-7(16-2)9(8(5-6)17-3)10(12)11(13)14/h4-5,10H,12H2,1-3H3,(H,13,14). The monoisotopic (exact) mass is 241 g/mol. The number of carbonyl (C=O) groups is 1. The zero-order chi connectivity index (χ0) is 13.0. The van der Waals surface area contributed by atoms with Crippen LogP contribution in [0.15, 0.2) is 12.1 Å². The van der Waals surface area contributed by atoms with Crippen LogP contribution in [0, 0.1) is 0 Å². The molecule has 1 unspecified atom stereocenters. The number of nitrogens with two attached hydrogens (primary N) is 1. The largest absolute Gasteiger partial charge is 0.496 e. The predicted octanol–water partition coefficient (Wildman–Crippen LogP) is 0.797. The molecule has 0 aromatic heterocycles. The number of hydrogen-bond donors (Lipinski definition) is 2. The Kier molecular flexibility index (Phi) is 4.17. The maximum atomic E-state index is 10.9. The van der Waals surface area contributed by atoms with Gasteiger partial charge in [-0.15, -0.1) is 0 Å². The van der Waals surface area contributed by atoms with Crippen molar-refractivity contribution >= 4 is 5.97 Å². The average Bonchev–Trinajstić information content (AvgIpc) is 2.35. The van der Waals surface area contributed by atoms with E-state index >= 15 is 0 Å². The van der Waals surface area contributed by atoms with Crippen molar-refractivity contribution < 1.29 is 24.1 Å². The van der Waals surface area contributed by atoms with Crippen LogP contribution in [0.1, 0.15) is 11.6 Å². The van der Waals surface area contributed by atoms with Gasteiger partial charge in [0.2, 0.25) is 0 Å². The summed E-state index contributed by atoms with van der Waals surface area (Å²) in [6.07, 6.45) is 0. The van der Waals surface area contributed by atoms with Crippen LogP contribution in [0.3, 0.4) is 0 Å². The zero-order valence-corrected chi connectivity index (χ0v) is 9.89. The number of carboxylic acid groups (broad SMARTS) is 1. The summed E-state index contributed by atoms with van der Waals surface area (Å²) < 4.78 is 15.2. The summed E-state index contributed by atoms with van der Waals surface area (Å²) in [6, 6.07) is 1.90. The van der Waals surface area contributed by atoms with Gasteiger partial charge in [0, 0.05) is 12.1 Å². The summed E-state index contributed by atoms with van der Waals surface area (Å²) in [4.78, 5) is 10.9. The lowest BCUT2D eigenvalue weighted by Gasteiger charge is -2.17. The number of benzene rings is 1. The lowest BCUT2D eigenvalue weighted by atomic mass is 10.0. The van der Waals surface area contributed by atoms with E-state index in [9.17, 15) is 4.79 Å². The number of ether oxygens (including phenoxy) is 3. The SMILES string of the molecule is COc1cc(OC)c(C(N)C(=O)O)c(OC)c1. The molecular formula is C11H15NO5. The Balaban J connectivity index is 3.39. The second kappa shape index (κ2) is 5.40. The minimum Gasteiger partial charge on any atom is -0.496 e. The second-order valence-corrected chi connectivity index (χ2v) is 3.26. The van der Waals surface area contributed by atoms with Crippen LogP contribution in [0.2, 0.25) is 0 Å². The van der Waals surface area contributed by atoms with Crippen LogP contribution in [0.5, 0.6) is 17.2 Å². The van der Waals surface area contributed by atoms with Crippen LogP contribution in [0.4, 0.5) is 0 Å². The van der Waals surface area contributed by atoms with Crippen LogP contribution in [0.25, 0.3) is 0 Å².